The molecule has 0 radical (unpaired) electrons. The average Bonchev–Trinajstić information content (AvgIpc) is 3.31. The molecule has 1 atom stereocenters. The van der Waals surface area contributed by atoms with Crippen LogP contribution in [0.1, 0.15) is 33.6 Å². The van der Waals surface area contributed by atoms with Crippen LogP contribution in [0.4, 0.5) is 10.2 Å². The molecular weight excluding hydrogens is 379 g/mol. The number of thiophene rings is 1. The molecule has 1 fully saturated rings. The number of likely N-dealkylation sites (tertiary alicyclic amines) is 1. The Morgan fingerprint density at radius 2 is 2.29 bits per heavy atom. The summed E-state index contributed by atoms with van der Waals surface area (Å²) in [5, 5.41) is 13.6. The highest BCUT2D eigenvalue weighted by Gasteiger charge is 2.31. The highest BCUT2D eigenvalue weighted by Crippen LogP contribution is 2.35. The number of rotatable bonds is 5. The van der Waals surface area contributed by atoms with Gasteiger partial charge in [0.1, 0.15) is 22.8 Å². The number of nitrogens with one attached hydrogen (secondary N) is 1. The first-order valence-corrected chi connectivity index (χ1v) is 10.0. The first-order chi connectivity index (χ1) is 13.6. The first-order valence-electron chi connectivity index (χ1n) is 9.22. The average molecular weight is 400 g/mol. The predicted octanol–water partition coefficient (Wildman–Crippen LogP) is 3.35. The Morgan fingerprint density at radius 3 is 3.07 bits per heavy atom. The van der Waals surface area contributed by atoms with Crippen molar-refractivity contribution in [3.8, 4) is 0 Å². The summed E-state index contributed by atoms with van der Waals surface area (Å²) in [5.41, 5.74) is 1.63. The van der Waals surface area contributed by atoms with Gasteiger partial charge in [-0.2, -0.15) is 0 Å². The van der Waals surface area contributed by atoms with Crippen molar-refractivity contribution >= 4 is 33.3 Å². The second-order valence-electron chi connectivity index (χ2n) is 6.92. The van der Waals surface area contributed by atoms with Gasteiger partial charge in [0.25, 0.3) is 5.91 Å². The van der Waals surface area contributed by atoms with Gasteiger partial charge < -0.3 is 15.3 Å². The summed E-state index contributed by atoms with van der Waals surface area (Å²) in [5.74, 6) is 0.283. The van der Waals surface area contributed by atoms with Crippen molar-refractivity contribution in [1.82, 2.24) is 14.9 Å². The van der Waals surface area contributed by atoms with Crippen molar-refractivity contribution in [1.29, 1.82) is 0 Å². The van der Waals surface area contributed by atoms with E-state index in [-0.39, 0.29) is 24.4 Å². The monoisotopic (exact) mass is 400 g/mol. The van der Waals surface area contributed by atoms with Crippen LogP contribution in [-0.4, -0.2) is 45.1 Å². The van der Waals surface area contributed by atoms with Crippen molar-refractivity contribution in [2.75, 3.05) is 18.5 Å². The van der Waals surface area contributed by atoms with Crippen LogP contribution in [-0.2, 0) is 6.54 Å². The quantitative estimate of drug-likeness (QED) is 0.687. The third kappa shape index (κ3) is 3.45. The Bertz CT molecular complexity index is 1020. The van der Waals surface area contributed by atoms with Crippen LogP contribution in [0.15, 0.2) is 30.6 Å². The van der Waals surface area contributed by atoms with Gasteiger partial charge in [-0.15, -0.1) is 11.3 Å². The van der Waals surface area contributed by atoms with Gasteiger partial charge in [0.15, 0.2) is 0 Å². The molecule has 1 aliphatic rings. The molecule has 0 spiro atoms. The van der Waals surface area contributed by atoms with E-state index in [1.807, 2.05) is 13.0 Å². The number of benzene rings is 1. The summed E-state index contributed by atoms with van der Waals surface area (Å²) in [6.07, 6.45) is 3.19. The number of amides is 1. The number of anilines is 1. The molecule has 0 saturated carbocycles. The Labute approximate surface area is 166 Å². The minimum absolute atomic E-state index is 0.0179. The number of aliphatic hydroxyl groups excluding tert-OH is 1. The van der Waals surface area contributed by atoms with E-state index >= 15 is 0 Å². The number of aliphatic hydroxyl groups is 1. The molecule has 1 amide bonds. The first kappa shape index (κ1) is 18.8. The van der Waals surface area contributed by atoms with E-state index in [0.29, 0.717) is 23.8 Å². The van der Waals surface area contributed by atoms with Gasteiger partial charge in [-0.1, -0.05) is 12.1 Å². The molecule has 6 nitrogen and oxygen atoms in total. The molecule has 28 heavy (non-hydrogen) atoms. The molecule has 1 saturated heterocycles. The van der Waals surface area contributed by atoms with Gasteiger partial charge in [0.2, 0.25) is 0 Å². The van der Waals surface area contributed by atoms with Crippen molar-refractivity contribution in [3.63, 3.8) is 0 Å². The van der Waals surface area contributed by atoms with Gasteiger partial charge in [-0.25, -0.2) is 14.4 Å². The molecule has 0 bridgehead atoms. The number of aryl methyl sites for hydroxylation is 1. The largest absolute Gasteiger partial charge is 0.394 e. The third-order valence-corrected chi connectivity index (χ3v) is 6.31. The number of nitrogens with zero attached hydrogens (tertiary/aromatic N) is 3. The lowest BCUT2D eigenvalue weighted by atomic mass is 10.1. The number of aromatic nitrogens is 2. The van der Waals surface area contributed by atoms with Crippen LogP contribution in [0.3, 0.4) is 0 Å². The Kier molecular flexibility index (Phi) is 5.23. The van der Waals surface area contributed by atoms with Crippen molar-refractivity contribution in [3.05, 3.63) is 52.4 Å². The maximum atomic E-state index is 13.4. The molecular formula is C20H21FN4O2S. The topological polar surface area (TPSA) is 78.4 Å². The van der Waals surface area contributed by atoms with E-state index in [2.05, 4.69) is 15.3 Å². The van der Waals surface area contributed by atoms with Crippen LogP contribution < -0.4 is 5.32 Å². The van der Waals surface area contributed by atoms with Gasteiger partial charge in [0, 0.05) is 13.1 Å². The molecule has 4 rings (SSSR count). The fourth-order valence-corrected chi connectivity index (χ4v) is 4.77. The van der Waals surface area contributed by atoms with Crippen LogP contribution in [0.2, 0.25) is 0 Å². The Hall–Kier alpha value is -2.58. The second-order valence-corrected chi connectivity index (χ2v) is 7.92. The van der Waals surface area contributed by atoms with E-state index in [1.54, 1.807) is 11.0 Å². The third-order valence-electron chi connectivity index (χ3n) is 5.12. The van der Waals surface area contributed by atoms with Crippen LogP contribution in [0.25, 0.3) is 10.2 Å². The van der Waals surface area contributed by atoms with Gasteiger partial charge >= 0.3 is 0 Å². The summed E-state index contributed by atoms with van der Waals surface area (Å²) in [7, 11) is 0. The maximum absolute atomic E-state index is 13.4. The molecule has 3 aromatic rings. The second kappa shape index (κ2) is 7.81. The molecule has 0 unspecified atom stereocenters. The number of hydrogen-bond acceptors (Lipinski definition) is 6. The molecule has 0 aliphatic carbocycles. The smallest absolute Gasteiger partial charge is 0.264 e. The van der Waals surface area contributed by atoms with Crippen molar-refractivity contribution < 1.29 is 14.3 Å². The van der Waals surface area contributed by atoms with Gasteiger partial charge in [-0.05, 0) is 43.0 Å². The van der Waals surface area contributed by atoms with Gasteiger partial charge in [0.05, 0.1) is 22.9 Å². The number of halogens is 1. The number of carbonyl (C=O) groups is 1. The summed E-state index contributed by atoms with van der Waals surface area (Å²) in [6, 6.07) is 6.27. The summed E-state index contributed by atoms with van der Waals surface area (Å²) < 4.78 is 13.4. The van der Waals surface area contributed by atoms with E-state index in [4.69, 9.17) is 0 Å². The predicted molar refractivity (Wildman–Crippen MR) is 107 cm³/mol. The number of carbonyl (C=O) groups excluding carboxylic acids is 1. The van der Waals surface area contributed by atoms with Crippen LogP contribution in [0, 0.1) is 12.7 Å². The highest BCUT2D eigenvalue weighted by molar-refractivity contribution is 7.20. The standard InChI is InChI=1S/C20H21FN4O2S/c1-12-16-18(22-9-13-4-2-5-14(21)8-13)23-11-24-19(16)28-17(12)20(27)25-7-3-6-15(25)10-26/h2,4-5,8,11,15,26H,3,6-7,9-10H2,1H3,(H,22,23,24)/t15-/m0/s1. The normalized spacial score (nSPS) is 16.7. The van der Waals surface area contributed by atoms with E-state index in [0.717, 1.165) is 34.2 Å². The number of fused-ring (bicyclic) bond motifs is 1. The van der Waals surface area contributed by atoms with Crippen LogP contribution >= 0.6 is 11.3 Å². The number of hydrogen-bond donors (Lipinski definition) is 2. The van der Waals surface area contributed by atoms with E-state index < -0.39 is 0 Å². The minimum Gasteiger partial charge on any atom is -0.394 e. The molecule has 1 aromatic carbocycles. The molecule has 1 aliphatic heterocycles. The maximum Gasteiger partial charge on any atom is 0.264 e. The molecule has 2 aromatic heterocycles. The molecule has 146 valence electrons. The lowest BCUT2D eigenvalue weighted by Gasteiger charge is -2.22. The molecule has 3 heterocycles. The minimum atomic E-state index is -0.282. The Morgan fingerprint density at radius 1 is 1.43 bits per heavy atom. The molecule has 8 heteroatoms. The van der Waals surface area contributed by atoms with Crippen molar-refractivity contribution in [2.24, 2.45) is 0 Å². The highest BCUT2D eigenvalue weighted by atomic mass is 32.1. The fourth-order valence-electron chi connectivity index (χ4n) is 3.67. The van der Waals surface area contributed by atoms with E-state index in [1.165, 1.54) is 29.8 Å². The lowest BCUT2D eigenvalue weighted by Crippen LogP contribution is -2.37. The molecule has 2 N–H and O–H groups in total. The lowest BCUT2D eigenvalue weighted by molar-refractivity contribution is 0.0682. The van der Waals surface area contributed by atoms with Gasteiger partial charge in [-0.3, -0.25) is 4.79 Å². The summed E-state index contributed by atoms with van der Waals surface area (Å²) >= 11 is 1.35. The fraction of sp³-hybridized carbons (Fsp3) is 0.350. The van der Waals surface area contributed by atoms with Crippen molar-refractivity contribution in [2.45, 2.75) is 32.4 Å². The zero-order valence-electron chi connectivity index (χ0n) is 15.5. The zero-order valence-corrected chi connectivity index (χ0v) is 16.3. The van der Waals surface area contributed by atoms with Crippen LogP contribution in [0.5, 0.6) is 0 Å². The summed E-state index contributed by atoms with van der Waals surface area (Å²) in [4.78, 5) is 24.8. The zero-order chi connectivity index (χ0) is 19.7. The van der Waals surface area contributed by atoms with E-state index in [9.17, 15) is 14.3 Å². The SMILES string of the molecule is Cc1c(C(=O)N2CCC[C@H]2CO)sc2ncnc(NCc3cccc(F)c3)c12. The summed E-state index contributed by atoms with van der Waals surface area (Å²) in [6.45, 7) is 2.96. The Balaban J connectivity index is 1.64.